The number of nitrogens with zero attached hydrogens (tertiary/aromatic N) is 4. The predicted molar refractivity (Wildman–Crippen MR) is 92.8 cm³/mol. The number of rotatable bonds is 3. The lowest BCUT2D eigenvalue weighted by Crippen LogP contribution is -2.51. The van der Waals surface area contributed by atoms with Crippen LogP contribution in [0.3, 0.4) is 0 Å². The van der Waals surface area contributed by atoms with Gasteiger partial charge >= 0.3 is 12.1 Å². The number of piperazine rings is 1. The Morgan fingerprint density at radius 1 is 1.12 bits per heavy atom. The number of ether oxygens (including phenoxy) is 1. The molecule has 3 rings (SSSR count). The van der Waals surface area contributed by atoms with E-state index in [-0.39, 0.29) is 12.1 Å². The first-order valence-electron chi connectivity index (χ1n) is 8.25. The first kappa shape index (κ1) is 16.8. The maximum Gasteiger partial charge on any atom is 0.409 e. The largest absolute Gasteiger partial charge is 0.450 e. The van der Waals surface area contributed by atoms with Gasteiger partial charge in [-0.2, -0.15) is 5.10 Å². The summed E-state index contributed by atoms with van der Waals surface area (Å²) in [5.74, 6) is 0. The number of carbonyl (C=O) groups is 2. The van der Waals surface area contributed by atoms with Crippen molar-refractivity contribution in [1.82, 2.24) is 19.6 Å². The first-order valence-corrected chi connectivity index (χ1v) is 8.25. The molecule has 1 aromatic heterocycles. The Labute approximate surface area is 146 Å². The number of aromatic nitrogens is 2. The number of para-hydroxylation sites is 2. The van der Waals surface area contributed by atoms with Crippen molar-refractivity contribution in [2.24, 2.45) is 0 Å². The number of nitrogens with one attached hydrogen (secondary N) is 1. The molecule has 1 aromatic carbocycles. The summed E-state index contributed by atoms with van der Waals surface area (Å²) in [6.07, 6.45) is 3.18. The Morgan fingerprint density at radius 2 is 1.84 bits per heavy atom. The van der Waals surface area contributed by atoms with Crippen LogP contribution < -0.4 is 5.32 Å². The lowest BCUT2D eigenvalue weighted by Gasteiger charge is -2.34. The zero-order valence-electron chi connectivity index (χ0n) is 14.1. The molecule has 8 nitrogen and oxygen atoms in total. The molecule has 0 atom stereocenters. The van der Waals surface area contributed by atoms with E-state index in [1.807, 2.05) is 36.5 Å². The van der Waals surface area contributed by atoms with Crippen molar-refractivity contribution < 1.29 is 14.3 Å². The number of benzene rings is 1. The van der Waals surface area contributed by atoms with E-state index in [1.165, 1.54) is 0 Å². The van der Waals surface area contributed by atoms with Gasteiger partial charge in [0.2, 0.25) is 0 Å². The third-order valence-corrected chi connectivity index (χ3v) is 3.99. The van der Waals surface area contributed by atoms with Crippen LogP contribution in [0, 0.1) is 0 Å². The van der Waals surface area contributed by atoms with Crippen molar-refractivity contribution in [1.29, 1.82) is 0 Å². The predicted octanol–water partition coefficient (Wildman–Crippen LogP) is 2.18. The second-order valence-corrected chi connectivity index (χ2v) is 5.57. The van der Waals surface area contributed by atoms with Crippen LogP contribution in [-0.4, -0.2) is 64.5 Å². The summed E-state index contributed by atoms with van der Waals surface area (Å²) in [5.41, 5.74) is 1.48. The molecule has 0 bridgehead atoms. The minimum absolute atomic E-state index is 0.192. The third-order valence-electron chi connectivity index (χ3n) is 3.99. The van der Waals surface area contributed by atoms with Crippen molar-refractivity contribution in [2.75, 3.05) is 38.1 Å². The SMILES string of the molecule is CCOC(=O)N1CCN(C(=O)Nc2ccccc2-n2cccn2)CC1. The van der Waals surface area contributed by atoms with Gasteiger partial charge in [0.05, 0.1) is 18.0 Å². The Kier molecular flexibility index (Phi) is 5.17. The van der Waals surface area contributed by atoms with Crippen LogP contribution in [0.15, 0.2) is 42.7 Å². The highest BCUT2D eigenvalue weighted by Crippen LogP contribution is 2.19. The summed E-state index contributed by atoms with van der Waals surface area (Å²) >= 11 is 0. The van der Waals surface area contributed by atoms with Gasteiger partial charge < -0.3 is 19.9 Å². The fraction of sp³-hybridized carbons (Fsp3) is 0.353. The monoisotopic (exact) mass is 343 g/mol. The van der Waals surface area contributed by atoms with Crippen molar-refractivity contribution >= 4 is 17.8 Å². The van der Waals surface area contributed by atoms with Crippen LogP contribution >= 0.6 is 0 Å². The van der Waals surface area contributed by atoms with Crippen molar-refractivity contribution in [2.45, 2.75) is 6.92 Å². The van der Waals surface area contributed by atoms with Crippen LogP contribution in [0.25, 0.3) is 5.69 Å². The Bertz CT molecular complexity index is 724. The van der Waals surface area contributed by atoms with Crippen molar-refractivity contribution in [3.8, 4) is 5.69 Å². The molecule has 25 heavy (non-hydrogen) atoms. The van der Waals surface area contributed by atoms with Gasteiger partial charge in [0.1, 0.15) is 0 Å². The van der Waals surface area contributed by atoms with E-state index in [1.54, 1.807) is 27.6 Å². The van der Waals surface area contributed by atoms with E-state index in [0.29, 0.717) is 38.5 Å². The van der Waals surface area contributed by atoms with Gasteiger partial charge in [-0.3, -0.25) is 0 Å². The average Bonchev–Trinajstić information content (AvgIpc) is 3.17. The zero-order chi connectivity index (χ0) is 17.6. The van der Waals surface area contributed by atoms with E-state index in [0.717, 1.165) is 5.69 Å². The molecule has 1 N–H and O–H groups in total. The summed E-state index contributed by atoms with van der Waals surface area (Å²) in [5, 5.41) is 7.14. The Hall–Kier alpha value is -3.03. The molecule has 2 aromatic rings. The molecule has 1 aliphatic heterocycles. The number of anilines is 1. The minimum atomic E-state index is -0.327. The van der Waals surface area contributed by atoms with Gasteiger partial charge in [0, 0.05) is 38.6 Å². The number of amides is 3. The quantitative estimate of drug-likeness (QED) is 0.926. The topological polar surface area (TPSA) is 79.7 Å². The van der Waals surface area contributed by atoms with Gasteiger partial charge in [-0.05, 0) is 25.1 Å². The molecule has 0 saturated carbocycles. The molecule has 0 aliphatic carbocycles. The van der Waals surface area contributed by atoms with E-state index < -0.39 is 0 Å². The van der Waals surface area contributed by atoms with E-state index in [9.17, 15) is 9.59 Å². The lowest BCUT2D eigenvalue weighted by atomic mass is 10.2. The maximum absolute atomic E-state index is 12.5. The van der Waals surface area contributed by atoms with Crippen LogP contribution in [0.1, 0.15) is 6.92 Å². The molecule has 1 aliphatic rings. The molecule has 132 valence electrons. The molecule has 1 saturated heterocycles. The molecule has 0 unspecified atom stereocenters. The highest BCUT2D eigenvalue weighted by Gasteiger charge is 2.25. The average molecular weight is 343 g/mol. The van der Waals surface area contributed by atoms with Crippen LogP contribution in [-0.2, 0) is 4.74 Å². The van der Waals surface area contributed by atoms with E-state index in [2.05, 4.69) is 10.4 Å². The van der Waals surface area contributed by atoms with E-state index in [4.69, 9.17) is 4.74 Å². The van der Waals surface area contributed by atoms with Crippen molar-refractivity contribution in [3.63, 3.8) is 0 Å². The molecule has 0 spiro atoms. The summed E-state index contributed by atoms with van der Waals surface area (Å²) in [4.78, 5) is 27.6. The second kappa shape index (κ2) is 7.69. The van der Waals surface area contributed by atoms with Gasteiger partial charge in [-0.1, -0.05) is 12.1 Å². The van der Waals surface area contributed by atoms with Crippen LogP contribution in [0.2, 0.25) is 0 Å². The molecular formula is C17H21N5O3. The molecule has 3 amide bonds. The fourth-order valence-electron chi connectivity index (χ4n) is 2.69. The molecule has 1 fully saturated rings. The normalized spacial score (nSPS) is 14.3. The summed E-state index contributed by atoms with van der Waals surface area (Å²) in [7, 11) is 0. The Morgan fingerprint density at radius 3 is 2.52 bits per heavy atom. The molecule has 8 heteroatoms. The number of hydrogen-bond donors (Lipinski definition) is 1. The van der Waals surface area contributed by atoms with Crippen LogP contribution in [0.4, 0.5) is 15.3 Å². The summed E-state index contributed by atoms with van der Waals surface area (Å²) in [6.45, 7) is 3.99. The summed E-state index contributed by atoms with van der Waals surface area (Å²) < 4.78 is 6.69. The van der Waals surface area contributed by atoms with Gasteiger partial charge in [-0.25, -0.2) is 14.3 Å². The zero-order valence-corrected chi connectivity index (χ0v) is 14.1. The minimum Gasteiger partial charge on any atom is -0.450 e. The number of hydrogen-bond acceptors (Lipinski definition) is 4. The van der Waals surface area contributed by atoms with Crippen LogP contribution in [0.5, 0.6) is 0 Å². The second-order valence-electron chi connectivity index (χ2n) is 5.57. The van der Waals surface area contributed by atoms with Gasteiger partial charge in [0.25, 0.3) is 0 Å². The van der Waals surface area contributed by atoms with Gasteiger partial charge in [-0.15, -0.1) is 0 Å². The molecule has 0 radical (unpaired) electrons. The number of carbonyl (C=O) groups excluding carboxylic acids is 2. The number of urea groups is 1. The smallest absolute Gasteiger partial charge is 0.409 e. The highest BCUT2D eigenvalue weighted by molar-refractivity contribution is 5.91. The van der Waals surface area contributed by atoms with Gasteiger partial charge in [0.15, 0.2) is 0 Å². The molecule has 2 heterocycles. The maximum atomic E-state index is 12.5. The lowest BCUT2D eigenvalue weighted by molar-refractivity contribution is 0.0868. The summed E-state index contributed by atoms with van der Waals surface area (Å²) in [6, 6.07) is 9.12. The first-order chi connectivity index (χ1) is 12.2. The standard InChI is InChI=1S/C17H21N5O3/c1-2-25-17(24)21-12-10-20(11-13-21)16(23)19-14-6-3-4-7-15(14)22-9-5-8-18-22/h3-9H,2,10-13H2,1H3,(H,19,23). The third kappa shape index (κ3) is 3.90. The molecular weight excluding hydrogens is 322 g/mol. The van der Waals surface area contributed by atoms with Crippen molar-refractivity contribution in [3.05, 3.63) is 42.7 Å². The fourth-order valence-corrected chi connectivity index (χ4v) is 2.69. The van der Waals surface area contributed by atoms with E-state index >= 15 is 0 Å². The highest BCUT2D eigenvalue weighted by atomic mass is 16.6. The Balaban J connectivity index is 1.62.